The molecular weight excluding hydrogens is 400 g/mol. The van der Waals surface area contributed by atoms with Gasteiger partial charge in [0.2, 0.25) is 9.84 Å². The smallest absolute Gasteiger partial charge is 0.293 e. The lowest BCUT2D eigenvalue weighted by Crippen LogP contribution is -2.40. The fraction of sp³-hybridized carbons (Fsp3) is 0.304. The molecular formula is C23H26N2O4S. The van der Waals surface area contributed by atoms with E-state index in [2.05, 4.69) is 21.1 Å². The van der Waals surface area contributed by atoms with Crippen LogP contribution in [-0.4, -0.2) is 38.6 Å². The number of pyridine rings is 1. The number of nitrogens with one attached hydrogen (secondary N) is 1. The summed E-state index contributed by atoms with van der Waals surface area (Å²) in [6.45, 7) is 7.82. The summed E-state index contributed by atoms with van der Waals surface area (Å²) in [4.78, 5) is 14.6. The normalized spacial score (nSPS) is 14.4. The van der Waals surface area contributed by atoms with Crippen LogP contribution < -0.4 is 5.32 Å². The van der Waals surface area contributed by atoms with Gasteiger partial charge in [-0.1, -0.05) is 36.4 Å². The van der Waals surface area contributed by atoms with Gasteiger partial charge in [-0.3, -0.25) is 9.78 Å². The first-order valence-electron chi connectivity index (χ1n) is 9.73. The van der Waals surface area contributed by atoms with Gasteiger partial charge in [0.1, 0.15) is 5.60 Å². The fourth-order valence-electron chi connectivity index (χ4n) is 3.03. The molecule has 1 N–H and O–H groups in total. The molecule has 0 aliphatic carbocycles. The second kappa shape index (κ2) is 8.93. The van der Waals surface area contributed by atoms with Crippen LogP contribution in [-0.2, 0) is 19.4 Å². The lowest BCUT2D eigenvalue weighted by Gasteiger charge is -2.28. The third-order valence-corrected chi connectivity index (χ3v) is 6.44. The maximum absolute atomic E-state index is 12.7. The lowest BCUT2D eigenvalue weighted by molar-refractivity contribution is -0.138. The second-order valence-corrected chi connectivity index (χ2v) is 10.0. The quantitative estimate of drug-likeness (QED) is 0.640. The van der Waals surface area contributed by atoms with E-state index in [9.17, 15) is 13.2 Å². The highest BCUT2D eigenvalue weighted by molar-refractivity contribution is 7.91. The van der Waals surface area contributed by atoms with Gasteiger partial charge in [0.15, 0.2) is 0 Å². The predicted octanol–water partition coefficient (Wildman–Crippen LogP) is 3.71. The topological polar surface area (TPSA) is 85.4 Å². The van der Waals surface area contributed by atoms with Crippen LogP contribution in [0.5, 0.6) is 0 Å². The molecule has 1 fully saturated rings. The monoisotopic (exact) mass is 426 g/mol. The first-order chi connectivity index (χ1) is 14.2. The Balaban J connectivity index is 0.000000318. The number of hydrogen-bond acceptors (Lipinski definition) is 6. The summed E-state index contributed by atoms with van der Waals surface area (Å²) in [5, 5.41) is 4.12. The molecule has 3 aromatic rings. The molecule has 0 bridgehead atoms. The van der Waals surface area contributed by atoms with Crippen LogP contribution in [0.3, 0.4) is 0 Å². The maximum Gasteiger partial charge on any atom is 0.293 e. The largest absolute Gasteiger partial charge is 0.462 e. The summed E-state index contributed by atoms with van der Waals surface area (Å²) >= 11 is 0. The van der Waals surface area contributed by atoms with Gasteiger partial charge in [0, 0.05) is 30.6 Å². The Labute approximate surface area is 177 Å². The highest BCUT2D eigenvalue weighted by Crippen LogP contribution is 2.29. The van der Waals surface area contributed by atoms with Gasteiger partial charge < -0.3 is 10.1 Å². The zero-order chi connectivity index (χ0) is 21.8. The molecule has 30 heavy (non-hydrogen) atoms. The van der Waals surface area contributed by atoms with Crippen molar-refractivity contribution in [2.45, 2.75) is 42.1 Å². The van der Waals surface area contributed by atoms with Crippen LogP contribution in [0.2, 0.25) is 0 Å². The number of hydrogen-bond donors (Lipinski definition) is 1. The first kappa shape index (κ1) is 21.9. The van der Waals surface area contributed by atoms with Crippen LogP contribution in [0.25, 0.3) is 10.9 Å². The zero-order valence-electron chi connectivity index (χ0n) is 17.3. The fourth-order valence-corrected chi connectivity index (χ4v) is 4.29. The van der Waals surface area contributed by atoms with Crippen molar-refractivity contribution in [3.05, 3.63) is 66.4 Å². The van der Waals surface area contributed by atoms with E-state index in [0.29, 0.717) is 17.3 Å². The van der Waals surface area contributed by atoms with E-state index in [-0.39, 0.29) is 10.5 Å². The van der Waals surface area contributed by atoms with E-state index < -0.39 is 9.84 Å². The summed E-state index contributed by atoms with van der Waals surface area (Å²) in [6, 6.07) is 16.2. The molecule has 0 saturated carbocycles. The zero-order valence-corrected chi connectivity index (χ0v) is 18.1. The van der Waals surface area contributed by atoms with Crippen LogP contribution in [0.4, 0.5) is 0 Å². The number of fused-ring (bicyclic) bond motifs is 1. The number of aromatic nitrogens is 1. The minimum absolute atomic E-state index is 0.236. The highest BCUT2D eigenvalue weighted by Gasteiger charge is 2.23. The number of nitrogens with zero attached hydrogens (tertiary/aromatic N) is 1. The first-order valence-corrected chi connectivity index (χ1v) is 11.2. The van der Waals surface area contributed by atoms with Crippen molar-refractivity contribution in [2.75, 3.05) is 13.1 Å². The molecule has 6 nitrogen and oxygen atoms in total. The molecule has 2 heterocycles. The molecule has 2 aromatic carbocycles. The Morgan fingerprint density at radius 3 is 2.27 bits per heavy atom. The van der Waals surface area contributed by atoms with Crippen molar-refractivity contribution in [3.8, 4) is 0 Å². The van der Waals surface area contributed by atoms with Gasteiger partial charge in [-0.05, 0) is 44.5 Å². The Morgan fingerprint density at radius 2 is 1.73 bits per heavy atom. The van der Waals surface area contributed by atoms with Crippen molar-refractivity contribution in [1.29, 1.82) is 0 Å². The van der Waals surface area contributed by atoms with Gasteiger partial charge in [0.25, 0.3) is 6.47 Å². The number of para-hydroxylation sites is 1. The van der Waals surface area contributed by atoms with E-state index in [1.165, 1.54) is 11.8 Å². The van der Waals surface area contributed by atoms with Crippen LogP contribution in [0, 0.1) is 0 Å². The second-order valence-electron chi connectivity index (χ2n) is 8.09. The molecule has 158 valence electrons. The maximum atomic E-state index is 12.7. The molecule has 1 saturated heterocycles. The van der Waals surface area contributed by atoms with Gasteiger partial charge in [0.05, 0.1) is 15.3 Å². The van der Waals surface area contributed by atoms with Crippen molar-refractivity contribution >= 4 is 27.2 Å². The summed E-state index contributed by atoms with van der Waals surface area (Å²) in [7, 11) is -3.53. The molecule has 0 amide bonds. The van der Waals surface area contributed by atoms with Gasteiger partial charge >= 0.3 is 0 Å². The number of carbonyl (C=O) groups excluding carboxylic acids is 1. The third kappa shape index (κ3) is 5.04. The van der Waals surface area contributed by atoms with E-state index >= 15 is 0 Å². The van der Waals surface area contributed by atoms with Crippen molar-refractivity contribution < 1.29 is 17.9 Å². The molecule has 1 aliphatic heterocycles. The Bertz CT molecular complexity index is 1120. The number of sulfone groups is 1. The highest BCUT2D eigenvalue weighted by atomic mass is 32.2. The van der Waals surface area contributed by atoms with Crippen LogP contribution in [0.15, 0.2) is 70.6 Å². The number of rotatable bonds is 4. The molecule has 7 heteroatoms. The number of ether oxygens (including phenoxy) is 1. The SMILES string of the molecule is CC(C)(C)OC=O.O=S(=O)(c1ccccc1)c1cnc2c(C3CNC3)cccc2c1. The lowest BCUT2D eigenvalue weighted by atomic mass is 9.92. The van der Waals surface area contributed by atoms with E-state index in [1.54, 1.807) is 36.4 Å². The molecule has 1 aliphatic rings. The average Bonchev–Trinajstić information content (AvgIpc) is 2.67. The minimum atomic E-state index is -3.53. The Morgan fingerprint density at radius 1 is 1.03 bits per heavy atom. The van der Waals surface area contributed by atoms with Crippen LogP contribution in [0.1, 0.15) is 32.3 Å². The number of carbonyl (C=O) groups is 1. The summed E-state index contributed by atoms with van der Waals surface area (Å²) < 4.78 is 30.0. The summed E-state index contributed by atoms with van der Waals surface area (Å²) in [5.74, 6) is 0.461. The predicted molar refractivity (Wildman–Crippen MR) is 116 cm³/mol. The van der Waals surface area contributed by atoms with Gasteiger partial charge in [-0.15, -0.1) is 0 Å². The van der Waals surface area contributed by atoms with E-state index in [0.717, 1.165) is 24.0 Å². The summed E-state index contributed by atoms with van der Waals surface area (Å²) in [6.07, 6.45) is 1.47. The minimum Gasteiger partial charge on any atom is -0.462 e. The molecule has 4 rings (SSSR count). The van der Waals surface area contributed by atoms with Gasteiger partial charge in [-0.25, -0.2) is 8.42 Å². The average molecular weight is 427 g/mol. The number of benzene rings is 2. The molecule has 0 atom stereocenters. The molecule has 0 radical (unpaired) electrons. The molecule has 0 unspecified atom stereocenters. The van der Waals surface area contributed by atoms with E-state index in [4.69, 9.17) is 0 Å². The van der Waals surface area contributed by atoms with Crippen molar-refractivity contribution in [2.24, 2.45) is 0 Å². The molecule has 1 aromatic heterocycles. The van der Waals surface area contributed by atoms with E-state index in [1.807, 2.05) is 32.9 Å². The summed E-state index contributed by atoms with van der Waals surface area (Å²) in [5.41, 5.74) is 1.76. The standard InChI is InChI=1S/C18H16N2O2S.C5H10O2/c21-23(22,15-6-2-1-3-7-15)16-9-13-5-4-8-17(14-10-19-11-14)18(13)20-12-16;1-5(2,3)7-4-6/h1-9,12,14,19H,10-11H2;4H,1-3H3. The third-order valence-electron chi connectivity index (χ3n) is 4.70. The van der Waals surface area contributed by atoms with Crippen LogP contribution >= 0.6 is 0 Å². The Kier molecular flexibility index (Phi) is 6.53. The van der Waals surface area contributed by atoms with Crippen molar-refractivity contribution in [1.82, 2.24) is 10.3 Å². The Hall–Kier alpha value is -2.77. The molecule has 0 spiro atoms. The van der Waals surface area contributed by atoms with Gasteiger partial charge in [-0.2, -0.15) is 0 Å². The van der Waals surface area contributed by atoms with Crippen molar-refractivity contribution in [3.63, 3.8) is 0 Å².